The zero-order valence-corrected chi connectivity index (χ0v) is 22.6. The van der Waals surface area contributed by atoms with Gasteiger partial charge in [0, 0.05) is 24.7 Å². The summed E-state index contributed by atoms with van der Waals surface area (Å²) in [6, 6.07) is 0. The summed E-state index contributed by atoms with van der Waals surface area (Å²) >= 11 is 0. The minimum Gasteiger partial charge on any atom is -0.356 e. The number of aliphatic hydroxyl groups is 4. The van der Waals surface area contributed by atoms with Crippen molar-refractivity contribution in [2.24, 2.45) is 22.7 Å². The summed E-state index contributed by atoms with van der Waals surface area (Å²) in [6.45, 7) is 19.6. The molecule has 0 saturated carbocycles. The predicted molar refractivity (Wildman–Crippen MR) is 135 cm³/mol. The van der Waals surface area contributed by atoms with Crippen LogP contribution in [-0.4, -0.2) is 32.0 Å². The van der Waals surface area contributed by atoms with Gasteiger partial charge in [0.2, 0.25) is 11.6 Å². The summed E-state index contributed by atoms with van der Waals surface area (Å²) in [4.78, 5) is 0. The Hall–Kier alpha value is -1.04. The van der Waals surface area contributed by atoms with Crippen LogP contribution in [0.3, 0.4) is 0 Å². The van der Waals surface area contributed by atoms with E-state index in [1.165, 1.54) is 52.4 Å². The summed E-state index contributed by atoms with van der Waals surface area (Å²) in [5.41, 5.74) is -0.332. The van der Waals surface area contributed by atoms with Gasteiger partial charge in [0.1, 0.15) is 0 Å². The molecule has 188 valence electrons. The van der Waals surface area contributed by atoms with Crippen LogP contribution in [0.5, 0.6) is 0 Å². The first-order valence-electron chi connectivity index (χ1n) is 12.4. The molecule has 2 unspecified atom stereocenters. The Bertz CT molecular complexity index is 556. The average Bonchev–Trinajstić information content (AvgIpc) is 2.64. The SMILES string of the molecule is CCCCCC(C)C(C)(C)C#CC(C)(O)O.CCCCCC(C)C(C)(C)C#CC(C)(O)O. The van der Waals surface area contributed by atoms with Crippen LogP contribution in [0, 0.1) is 46.3 Å². The molecule has 0 fully saturated rings. The molecule has 4 heteroatoms. The zero-order chi connectivity index (χ0) is 25.6. The molecular formula is C28H52O4. The third kappa shape index (κ3) is 18.5. The maximum Gasteiger partial charge on any atom is 0.225 e. The average molecular weight is 453 g/mol. The van der Waals surface area contributed by atoms with Crippen molar-refractivity contribution in [1.29, 1.82) is 0 Å². The van der Waals surface area contributed by atoms with Crippen molar-refractivity contribution in [3.63, 3.8) is 0 Å². The van der Waals surface area contributed by atoms with Gasteiger partial charge < -0.3 is 20.4 Å². The monoisotopic (exact) mass is 452 g/mol. The first-order valence-corrected chi connectivity index (χ1v) is 12.4. The van der Waals surface area contributed by atoms with Gasteiger partial charge in [0.15, 0.2) is 0 Å². The molecule has 2 atom stereocenters. The first-order chi connectivity index (χ1) is 14.4. The molecule has 0 rings (SSSR count). The Labute approximate surface area is 199 Å². The van der Waals surface area contributed by atoms with Crippen molar-refractivity contribution >= 4 is 0 Å². The maximum atomic E-state index is 9.16. The second kappa shape index (κ2) is 15.0. The maximum absolute atomic E-state index is 9.16. The van der Waals surface area contributed by atoms with Crippen LogP contribution < -0.4 is 0 Å². The van der Waals surface area contributed by atoms with E-state index in [9.17, 15) is 0 Å². The molecule has 0 aliphatic heterocycles. The molecule has 4 nitrogen and oxygen atoms in total. The highest BCUT2D eigenvalue weighted by atomic mass is 16.5. The van der Waals surface area contributed by atoms with Gasteiger partial charge in [-0.3, -0.25) is 0 Å². The van der Waals surface area contributed by atoms with Crippen LogP contribution >= 0.6 is 0 Å². The topological polar surface area (TPSA) is 80.9 Å². The fourth-order valence-electron chi connectivity index (χ4n) is 2.93. The van der Waals surface area contributed by atoms with Gasteiger partial charge in [-0.15, -0.1) is 0 Å². The largest absolute Gasteiger partial charge is 0.356 e. The van der Waals surface area contributed by atoms with E-state index in [4.69, 9.17) is 20.4 Å². The Kier molecular flexibility index (Phi) is 15.5. The third-order valence-corrected chi connectivity index (χ3v) is 6.19. The zero-order valence-electron chi connectivity index (χ0n) is 22.6. The quantitative estimate of drug-likeness (QED) is 0.190. The van der Waals surface area contributed by atoms with Gasteiger partial charge in [0.25, 0.3) is 0 Å². The van der Waals surface area contributed by atoms with E-state index < -0.39 is 11.6 Å². The lowest BCUT2D eigenvalue weighted by atomic mass is 9.77. The van der Waals surface area contributed by atoms with Crippen LogP contribution in [0.1, 0.15) is 121 Å². The second-order valence-electron chi connectivity index (χ2n) is 10.8. The van der Waals surface area contributed by atoms with Gasteiger partial charge in [-0.1, -0.05) is 78.1 Å². The second-order valence-corrected chi connectivity index (χ2v) is 10.8. The van der Waals surface area contributed by atoms with Crippen molar-refractivity contribution < 1.29 is 20.4 Å². The van der Waals surface area contributed by atoms with Crippen molar-refractivity contribution in [2.45, 2.75) is 132 Å². The van der Waals surface area contributed by atoms with Crippen molar-refractivity contribution in [3.8, 4) is 23.7 Å². The van der Waals surface area contributed by atoms with Crippen molar-refractivity contribution in [2.75, 3.05) is 0 Å². The van der Waals surface area contributed by atoms with Crippen LogP contribution in [0.15, 0.2) is 0 Å². The van der Waals surface area contributed by atoms with E-state index in [0.717, 1.165) is 12.8 Å². The molecule has 0 saturated heterocycles. The van der Waals surface area contributed by atoms with E-state index >= 15 is 0 Å². The molecule has 0 amide bonds. The predicted octanol–water partition coefficient (Wildman–Crippen LogP) is 5.87. The molecule has 0 radical (unpaired) electrons. The van der Waals surface area contributed by atoms with Gasteiger partial charge >= 0.3 is 0 Å². The number of hydrogen-bond acceptors (Lipinski definition) is 4. The van der Waals surface area contributed by atoms with Crippen LogP contribution in [-0.2, 0) is 0 Å². The number of hydrogen-bond donors (Lipinski definition) is 4. The molecule has 0 bridgehead atoms. The fourth-order valence-corrected chi connectivity index (χ4v) is 2.93. The van der Waals surface area contributed by atoms with Crippen LogP contribution in [0.25, 0.3) is 0 Å². The molecular weight excluding hydrogens is 400 g/mol. The lowest BCUT2D eigenvalue weighted by molar-refractivity contribution is -0.0927. The van der Waals surface area contributed by atoms with Gasteiger partial charge in [-0.05, 0) is 64.2 Å². The lowest BCUT2D eigenvalue weighted by Crippen LogP contribution is -2.24. The Morgan fingerprint density at radius 1 is 0.531 bits per heavy atom. The molecule has 0 spiro atoms. The van der Waals surface area contributed by atoms with E-state index in [0.29, 0.717) is 11.8 Å². The van der Waals surface area contributed by atoms with E-state index in [1.54, 1.807) is 0 Å². The first kappa shape index (κ1) is 33.1. The highest BCUT2D eigenvalue weighted by molar-refractivity contribution is 5.15. The third-order valence-electron chi connectivity index (χ3n) is 6.19. The normalized spacial score (nSPS) is 14.2. The molecule has 4 N–H and O–H groups in total. The standard InChI is InChI=1S/2C14H26O2/c2*1-6-7-8-9-12(2)13(3,4)10-11-14(5,15)16/h2*12,15-16H,6-9H2,1-5H3. The molecule has 0 aliphatic carbocycles. The summed E-state index contributed by atoms with van der Waals surface area (Å²) in [7, 11) is 0. The minimum atomic E-state index is -1.87. The van der Waals surface area contributed by atoms with E-state index in [-0.39, 0.29) is 10.8 Å². The minimum absolute atomic E-state index is 0.166. The highest BCUT2D eigenvalue weighted by Crippen LogP contribution is 2.31. The molecule has 0 aromatic rings. The van der Waals surface area contributed by atoms with Crippen molar-refractivity contribution in [1.82, 2.24) is 0 Å². The molecule has 0 aliphatic rings. The van der Waals surface area contributed by atoms with E-state index in [1.807, 2.05) is 0 Å². The summed E-state index contributed by atoms with van der Waals surface area (Å²) in [6.07, 6.45) is 9.69. The summed E-state index contributed by atoms with van der Waals surface area (Å²) in [5.74, 6) is 8.12. The smallest absolute Gasteiger partial charge is 0.225 e. The van der Waals surface area contributed by atoms with Crippen LogP contribution in [0.2, 0.25) is 0 Å². The Morgan fingerprint density at radius 3 is 1.03 bits per heavy atom. The molecule has 32 heavy (non-hydrogen) atoms. The van der Waals surface area contributed by atoms with Gasteiger partial charge in [-0.25, -0.2) is 0 Å². The summed E-state index contributed by atoms with van der Waals surface area (Å²) < 4.78 is 0. The Morgan fingerprint density at radius 2 is 0.812 bits per heavy atom. The van der Waals surface area contributed by atoms with Gasteiger partial charge in [-0.2, -0.15) is 0 Å². The van der Waals surface area contributed by atoms with Crippen molar-refractivity contribution in [3.05, 3.63) is 0 Å². The highest BCUT2D eigenvalue weighted by Gasteiger charge is 2.25. The number of rotatable bonds is 10. The number of unbranched alkanes of at least 4 members (excludes halogenated alkanes) is 4. The molecule has 0 aromatic carbocycles. The molecule has 0 heterocycles. The van der Waals surface area contributed by atoms with Crippen LogP contribution in [0.4, 0.5) is 0 Å². The lowest BCUT2D eigenvalue weighted by Gasteiger charge is -2.26. The fraction of sp³-hybridized carbons (Fsp3) is 0.857. The Balaban J connectivity index is 0. The van der Waals surface area contributed by atoms with E-state index in [2.05, 4.69) is 79.1 Å². The summed E-state index contributed by atoms with van der Waals surface area (Å²) in [5, 5.41) is 36.6. The molecule has 0 aromatic heterocycles. The van der Waals surface area contributed by atoms with Gasteiger partial charge in [0.05, 0.1) is 0 Å².